The number of carbonyl (C=O) groups is 2. The average molecular weight is 422 g/mol. The third-order valence-electron chi connectivity index (χ3n) is 3.92. The van der Waals surface area contributed by atoms with E-state index in [1.807, 2.05) is 19.0 Å². The summed E-state index contributed by atoms with van der Waals surface area (Å²) in [7, 11) is 3.93. The van der Waals surface area contributed by atoms with Crippen LogP contribution in [-0.2, 0) is 16.1 Å². The van der Waals surface area contributed by atoms with Gasteiger partial charge in [-0.15, -0.1) is 29.3 Å². The van der Waals surface area contributed by atoms with Crippen molar-refractivity contribution < 1.29 is 14.7 Å². The van der Waals surface area contributed by atoms with Gasteiger partial charge in [0.1, 0.15) is 17.1 Å². The van der Waals surface area contributed by atoms with Gasteiger partial charge in [-0.2, -0.15) is 0 Å². The van der Waals surface area contributed by atoms with Crippen LogP contribution in [0.2, 0.25) is 0 Å². The van der Waals surface area contributed by atoms with E-state index in [1.165, 1.54) is 28.4 Å². The van der Waals surface area contributed by atoms with E-state index in [0.717, 1.165) is 6.54 Å². The highest BCUT2D eigenvalue weighted by molar-refractivity contribution is 8.01. The summed E-state index contributed by atoms with van der Waals surface area (Å²) < 4.78 is 1.69. The Labute approximate surface area is 164 Å². The number of hydrogen-bond donors (Lipinski definition) is 2. The van der Waals surface area contributed by atoms with Crippen LogP contribution in [0.5, 0.6) is 0 Å². The highest BCUT2D eigenvalue weighted by Gasteiger charge is 2.51. The lowest BCUT2D eigenvalue weighted by Gasteiger charge is -2.48. The summed E-state index contributed by atoms with van der Waals surface area (Å²) in [6.07, 6.45) is 0. The average Bonchev–Trinajstić information content (AvgIpc) is 3.03. The van der Waals surface area contributed by atoms with Crippen LogP contribution in [0.3, 0.4) is 0 Å². The summed E-state index contributed by atoms with van der Waals surface area (Å²) in [5, 5.41) is 21.5. The molecule has 1 aromatic heterocycles. The molecule has 1 amide bonds. The molecule has 1 fully saturated rings. The molecular formula is C13H20ClN7O3S2. The molecule has 3 heterocycles. The van der Waals surface area contributed by atoms with E-state index in [-0.39, 0.29) is 29.4 Å². The van der Waals surface area contributed by atoms with Crippen LogP contribution in [0.25, 0.3) is 0 Å². The van der Waals surface area contributed by atoms with Crippen LogP contribution < -0.4 is 5.73 Å². The van der Waals surface area contributed by atoms with Crippen LogP contribution in [0.1, 0.15) is 0 Å². The van der Waals surface area contributed by atoms with Crippen LogP contribution >= 0.6 is 35.9 Å². The van der Waals surface area contributed by atoms with Crippen LogP contribution in [-0.4, -0.2) is 90.6 Å². The molecule has 0 aromatic carbocycles. The van der Waals surface area contributed by atoms with Crippen molar-refractivity contribution in [1.29, 1.82) is 0 Å². The van der Waals surface area contributed by atoms with Gasteiger partial charge < -0.3 is 15.7 Å². The van der Waals surface area contributed by atoms with Gasteiger partial charge in [0.15, 0.2) is 0 Å². The number of nitrogens with two attached hydrogens (primary N) is 1. The lowest BCUT2D eigenvalue weighted by atomic mass is 10.0. The molecule has 2 aliphatic rings. The fourth-order valence-electron chi connectivity index (χ4n) is 2.58. The van der Waals surface area contributed by atoms with Crippen molar-refractivity contribution in [3.8, 4) is 0 Å². The predicted molar refractivity (Wildman–Crippen MR) is 100 cm³/mol. The molecule has 26 heavy (non-hydrogen) atoms. The Hall–Kier alpha value is -1.34. The molecular weight excluding hydrogens is 402 g/mol. The zero-order valence-corrected chi connectivity index (χ0v) is 16.7. The Morgan fingerprint density at radius 2 is 2.23 bits per heavy atom. The minimum absolute atomic E-state index is 0. The van der Waals surface area contributed by atoms with Gasteiger partial charge in [-0.05, 0) is 30.1 Å². The van der Waals surface area contributed by atoms with Crippen LogP contribution in [0.4, 0.5) is 0 Å². The number of likely N-dealkylation sites (N-methyl/N-ethyl adjacent to an activating group) is 1. The molecule has 0 radical (unpaired) electrons. The Bertz CT molecular complexity index is 726. The van der Waals surface area contributed by atoms with Gasteiger partial charge in [0, 0.05) is 18.1 Å². The second-order valence-corrected chi connectivity index (χ2v) is 8.02. The van der Waals surface area contributed by atoms with E-state index in [2.05, 4.69) is 15.5 Å². The second kappa shape index (κ2) is 8.57. The van der Waals surface area contributed by atoms with Gasteiger partial charge in [-0.1, -0.05) is 11.8 Å². The third-order valence-corrected chi connectivity index (χ3v) is 6.33. The van der Waals surface area contributed by atoms with Crippen molar-refractivity contribution in [3.05, 3.63) is 11.3 Å². The van der Waals surface area contributed by atoms with Gasteiger partial charge in [0.05, 0.1) is 6.54 Å². The molecule has 2 aliphatic heterocycles. The number of halogens is 1. The summed E-state index contributed by atoms with van der Waals surface area (Å²) in [6, 6.07) is -0.619. The number of rotatable bonds is 7. The van der Waals surface area contributed by atoms with Gasteiger partial charge in [-0.3, -0.25) is 9.69 Å². The molecule has 0 aliphatic carbocycles. The first-order chi connectivity index (χ1) is 11.9. The number of thioether (sulfide) groups is 2. The number of aliphatic carboxylic acids is 1. The van der Waals surface area contributed by atoms with Crippen molar-refractivity contribution in [3.63, 3.8) is 0 Å². The Kier molecular flexibility index (Phi) is 6.91. The molecule has 0 saturated carbocycles. The molecule has 0 spiro atoms. The predicted octanol–water partition coefficient (Wildman–Crippen LogP) is -0.670. The Morgan fingerprint density at radius 3 is 2.88 bits per heavy atom. The maximum Gasteiger partial charge on any atom is 0.352 e. The lowest BCUT2D eigenvalue weighted by molar-refractivity contribution is -0.147. The zero-order valence-electron chi connectivity index (χ0n) is 14.2. The molecule has 1 saturated heterocycles. The van der Waals surface area contributed by atoms with Gasteiger partial charge in [0.2, 0.25) is 11.1 Å². The molecule has 13 heteroatoms. The number of carboxylic acids is 1. The first-order valence-corrected chi connectivity index (χ1v) is 9.63. The van der Waals surface area contributed by atoms with Gasteiger partial charge in [0.25, 0.3) is 0 Å². The molecule has 3 rings (SSSR count). The second-order valence-electron chi connectivity index (χ2n) is 5.97. The number of carboxylic acid groups (broad SMARTS) is 1. The number of aromatic nitrogens is 4. The molecule has 0 bridgehead atoms. The topological polar surface area (TPSA) is 130 Å². The third kappa shape index (κ3) is 3.98. The fourth-order valence-corrected chi connectivity index (χ4v) is 4.91. The van der Waals surface area contributed by atoms with Crippen molar-refractivity contribution in [2.45, 2.75) is 23.1 Å². The maximum atomic E-state index is 11.9. The molecule has 0 unspecified atom stereocenters. The molecule has 2 atom stereocenters. The normalized spacial score (nSPS) is 22.2. The van der Waals surface area contributed by atoms with Crippen molar-refractivity contribution in [1.82, 2.24) is 30.0 Å². The van der Waals surface area contributed by atoms with Crippen molar-refractivity contribution in [2.75, 3.05) is 32.1 Å². The first-order valence-electron chi connectivity index (χ1n) is 7.59. The fraction of sp³-hybridized carbons (Fsp3) is 0.615. The highest BCUT2D eigenvalue weighted by Crippen LogP contribution is 2.40. The number of hydrogen-bond acceptors (Lipinski definition) is 9. The molecule has 1 aromatic rings. The smallest absolute Gasteiger partial charge is 0.352 e. The Balaban J connectivity index is 0.00000243. The van der Waals surface area contributed by atoms with E-state index in [0.29, 0.717) is 28.8 Å². The summed E-state index contributed by atoms with van der Waals surface area (Å²) in [5.74, 6) is -0.514. The minimum Gasteiger partial charge on any atom is -0.477 e. The van der Waals surface area contributed by atoms with Crippen LogP contribution in [0, 0.1) is 0 Å². The minimum atomic E-state index is -1.10. The summed E-state index contributed by atoms with van der Waals surface area (Å²) in [5.41, 5.74) is 6.48. The van der Waals surface area contributed by atoms with E-state index in [1.54, 1.807) is 4.68 Å². The van der Waals surface area contributed by atoms with E-state index in [4.69, 9.17) is 5.73 Å². The van der Waals surface area contributed by atoms with E-state index < -0.39 is 12.0 Å². The molecule has 144 valence electrons. The maximum absolute atomic E-state index is 11.9. The molecule has 10 nitrogen and oxygen atoms in total. The number of fused-ring (bicyclic) bond motifs is 1. The summed E-state index contributed by atoms with van der Waals surface area (Å²) in [6.45, 7) is 1.43. The largest absolute Gasteiger partial charge is 0.477 e. The van der Waals surface area contributed by atoms with Gasteiger partial charge in [-0.25, -0.2) is 9.48 Å². The first kappa shape index (κ1) is 21.0. The SMILES string of the molecule is CN(C)CCn1nnnc1SCC1=C(C(=O)O)N2C(=O)[C@@H](N)[C@@H]2SC1.Cl. The summed E-state index contributed by atoms with van der Waals surface area (Å²) in [4.78, 5) is 26.9. The number of amides is 1. The monoisotopic (exact) mass is 421 g/mol. The van der Waals surface area contributed by atoms with E-state index in [9.17, 15) is 14.7 Å². The number of β-lactam (4-membered cyclic amide) rings is 1. The zero-order chi connectivity index (χ0) is 18.1. The van der Waals surface area contributed by atoms with Crippen molar-refractivity contribution in [2.24, 2.45) is 5.73 Å². The summed E-state index contributed by atoms with van der Waals surface area (Å²) >= 11 is 2.86. The molecule has 3 N–H and O–H groups in total. The number of carbonyl (C=O) groups excluding carboxylic acids is 1. The quantitative estimate of drug-likeness (QED) is 0.431. The Morgan fingerprint density at radius 1 is 1.50 bits per heavy atom. The lowest BCUT2D eigenvalue weighted by Crippen LogP contribution is -2.68. The number of tetrazole rings is 1. The van der Waals surface area contributed by atoms with Gasteiger partial charge >= 0.3 is 5.97 Å². The standard InChI is InChI=1S/C13H19N7O3S2.ClH/c1-18(2)3-4-19-13(15-16-17-19)25-6-7-5-24-11-8(14)10(21)20(11)9(7)12(22)23;/h8,11H,3-6,14H2,1-2H3,(H,22,23);1H/t8-,11+;/m1./s1. The number of nitrogens with zero attached hydrogens (tertiary/aromatic N) is 6. The van der Waals surface area contributed by atoms with Crippen molar-refractivity contribution >= 4 is 47.8 Å². The highest BCUT2D eigenvalue weighted by atomic mass is 35.5. The van der Waals surface area contributed by atoms with Crippen LogP contribution in [0.15, 0.2) is 16.4 Å². The van der Waals surface area contributed by atoms with E-state index >= 15 is 0 Å².